The molecule has 3 N–H and O–H groups in total. The molecule has 3 fully saturated rings. The van der Waals surface area contributed by atoms with E-state index < -0.39 is 11.6 Å². The van der Waals surface area contributed by atoms with Gasteiger partial charge in [0.15, 0.2) is 11.4 Å². The van der Waals surface area contributed by atoms with E-state index in [0.717, 1.165) is 25.7 Å². The summed E-state index contributed by atoms with van der Waals surface area (Å²) < 4.78 is 0. The van der Waals surface area contributed by atoms with Crippen LogP contribution in [-0.2, 0) is 9.59 Å². The molecule has 0 amide bonds. The Kier molecular flexibility index (Phi) is 6.16. The highest BCUT2D eigenvalue weighted by molar-refractivity contribution is 5.91. The minimum absolute atomic E-state index is 0.0608. The van der Waals surface area contributed by atoms with E-state index in [2.05, 4.69) is 20.8 Å². The van der Waals surface area contributed by atoms with Crippen LogP contribution in [0.3, 0.4) is 0 Å². The molecular formula is C27H42O5. The van der Waals surface area contributed by atoms with Gasteiger partial charge in [0.1, 0.15) is 0 Å². The molecule has 180 valence electrons. The van der Waals surface area contributed by atoms with E-state index >= 15 is 0 Å². The minimum Gasteiger partial charge on any atom is -0.479 e. The van der Waals surface area contributed by atoms with Crippen molar-refractivity contribution < 1.29 is 24.9 Å². The number of hydrogen-bond acceptors (Lipinski definition) is 4. The molecule has 4 aliphatic rings. The Morgan fingerprint density at radius 2 is 1.94 bits per heavy atom. The van der Waals surface area contributed by atoms with Gasteiger partial charge in [-0.25, -0.2) is 4.79 Å². The first-order chi connectivity index (χ1) is 14.9. The normalized spacial score (nSPS) is 44.0. The Labute approximate surface area is 192 Å². The molecule has 5 nitrogen and oxygen atoms in total. The van der Waals surface area contributed by atoms with Gasteiger partial charge in [0.2, 0.25) is 0 Å². The molecule has 0 bridgehead atoms. The van der Waals surface area contributed by atoms with Crippen LogP contribution in [-0.4, -0.2) is 38.8 Å². The number of aliphatic hydroxyl groups is 2. The average molecular weight is 447 g/mol. The SMILES string of the molecule is CC(CCCC(C)(O)C(=O)O)[C@H]1CC[C@H]2[C@@H]3[C@H](O)CC4=CC(=O)CC[C@]4(C)[C@H]3CC[C@]12C. The van der Waals surface area contributed by atoms with Crippen LogP contribution in [0, 0.1) is 40.4 Å². The second kappa shape index (κ2) is 8.23. The van der Waals surface area contributed by atoms with E-state index in [1.54, 1.807) is 0 Å². The molecule has 3 saturated carbocycles. The molecule has 2 unspecified atom stereocenters. The van der Waals surface area contributed by atoms with Gasteiger partial charge < -0.3 is 15.3 Å². The summed E-state index contributed by atoms with van der Waals surface area (Å²) >= 11 is 0. The lowest BCUT2D eigenvalue weighted by molar-refractivity contribution is -0.157. The van der Waals surface area contributed by atoms with Gasteiger partial charge in [-0.2, -0.15) is 0 Å². The largest absolute Gasteiger partial charge is 0.479 e. The average Bonchev–Trinajstić information content (AvgIpc) is 3.06. The Balaban J connectivity index is 1.48. The van der Waals surface area contributed by atoms with Crippen molar-refractivity contribution in [1.29, 1.82) is 0 Å². The fourth-order valence-corrected chi connectivity index (χ4v) is 8.58. The first-order valence-corrected chi connectivity index (χ1v) is 12.8. The molecule has 5 heteroatoms. The van der Waals surface area contributed by atoms with Gasteiger partial charge in [0, 0.05) is 6.42 Å². The number of ketones is 1. The van der Waals surface area contributed by atoms with Gasteiger partial charge in [0.25, 0.3) is 0 Å². The molecule has 0 spiro atoms. The zero-order valence-electron chi connectivity index (χ0n) is 20.3. The smallest absolute Gasteiger partial charge is 0.335 e. The maximum Gasteiger partial charge on any atom is 0.335 e. The van der Waals surface area contributed by atoms with Crippen LogP contribution in [0.15, 0.2) is 11.6 Å². The summed E-state index contributed by atoms with van der Waals surface area (Å²) in [6, 6.07) is 0. The number of rotatable bonds is 6. The van der Waals surface area contributed by atoms with Crippen LogP contribution in [0.25, 0.3) is 0 Å². The van der Waals surface area contributed by atoms with E-state index in [-0.39, 0.29) is 29.1 Å². The van der Waals surface area contributed by atoms with Crippen LogP contribution < -0.4 is 0 Å². The van der Waals surface area contributed by atoms with Crippen LogP contribution in [0.2, 0.25) is 0 Å². The summed E-state index contributed by atoms with van der Waals surface area (Å²) in [5.41, 5.74) is -0.183. The third-order valence-corrected chi connectivity index (χ3v) is 10.5. The monoisotopic (exact) mass is 446 g/mol. The molecule has 9 atom stereocenters. The van der Waals surface area contributed by atoms with E-state index in [1.807, 2.05) is 6.08 Å². The van der Waals surface area contributed by atoms with Gasteiger partial charge in [-0.15, -0.1) is 0 Å². The molecular weight excluding hydrogens is 404 g/mol. The second-order valence-electron chi connectivity index (χ2n) is 12.3. The van der Waals surface area contributed by atoms with Crippen molar-refractivity contribution in [2.75, 3.05) is 0 Å². The first kappa shape index (κ1) is 23.9. The zero-order chi connectivity index (χ0) is 23.5. The van der Waals surface area contributed by atoms with E-state index in [4.69, 9.17) is 5.11 Å². The van der Waals surface area contributed by atoms with Crippen molar-refractivity contribution in [2.45, 2.75) is 104 Å². The highest BCUT2D eigenvalue weighted by Gasteiger charge is 2.61. The lowest BCUT2D eigenvalue weighted by Crippen LogP contribution is -2.55. The van der Waals surface area contributed by atoms with Gasteiger partial charge >= 0.3 is 5.97 Å². The Morgan fingerprint density at radius 1 is 1.22 bits per heavy atom. The molecule has 0 saturated heterocycles. The molecule has 0 heterocycles. The van der Waals surface area contributed by atoms with E-state index in [9.17, 15) is 19.8 Å². The van der Waals surface area contributed by atoms with E-state index in [1.165, 1.54) is 25.3 Å². The number of carboxylic acids is 1. The number of carbonyl (C=O) groups is 2. The molecule has 0 aromatic rings. The molecule has 0 radical (unpaired) electrons. The molecule has 0 aromatic carbocycles. The second-order valence-corrected chi connectivity index (χ2v) is 12.3. The third-order valence-electron chi connectivity index (χ3n) is 10.5. The summed E-state index contributed by atoms with van der Waals surface area (Å²) in [4.78, 5) is 23.3. The summed E-state index contributed by atoms with van der Waals surface area (Å²) in [6.07, 6.45) is 10.3. The number of carbonyl (C=O) groups excluding carboxylic acids is 1. The summed E-state index contributed by atoms with van der Waals surface area (Å²) in [5.74, 6) is 1.42. The summed E-state index contributed by atoms with van der Waals surface area (Å²) in [5, 5.41) is 30.5. The number of hydrogen-bond donors (Lipinski definition) is 3. The van der Waals surface area contributed by atoms with Crippen molar-refractivity contribution in [3.05, 3.63) is 11.6 Å². The van der Waals surface area contributed by atoms with E-state index in [0.29, 0.717) is 48.9 Å². The molecule has 0 aliphatic heterocycles. The summed E-state index contributed by atoms with van der Waals surface area (Å²) in [7, 11) is 0. The fraction of sp³-hybridized carbons (Fsp3) is 0.852. The maximum absolute atomic E-state index is 12.1. The van der Waals surface area contributed by atoms with Crippen LogP contribution in [0.5, 0.6) is 0 Å². The van der Waals surface area contributed by atoms with Crippen molar-refractivity contribution in [3.63, 3.8) is 0 Å². The van der Waals surface area contributed by atoms with Crippen molar-refractivity contribution >= 4 is 11.8 Å². The van der Waals surface area contributed by atoms with Crippen LogP contribution >= 0.6 is 0 Å². The molecule has 0 aromatic heterocycles. The standard InChI is InChI=1S/C27H42O5/c1-16(6-5-11-27(4,32)24(30)31)19-7-8-20-23-21(10-13-26(19,20)3)25(2)12-9-18(28)14-17(25)15-22(23)29/h14,16,19-23,29,32H,5-13,15H2,1-4H3,(H,30,31)/t16?,19-,20+,21+,22-,23+,25+,26-,27?/m1/s1. The highest BCUT2D eigenvalue weighted by Crippen LogP contribution is 2.67. The molecule has 4 aliphatic carbocycles. The Bertz CT molecular complexity index is 800. The lowest BCUT2D eigenvalue weighted by atomic mass is 9.45. The predicted octanol–water partition coefficient (Wildman–Crippen LogP) is 4.75. The zero-order valence-corrected chi connectivity index (χ0v) is 20.3. The van der Waals surface area contributed by atoms with Crippen LogP contribution in [0.4, 0.5) is 0 Å². The highest BCUT2D eigenvalue weighted by atomic mass is 16.4. The van der Waals surface area contributed by atoms with Gasteiger partial charge in [0.05, 0.1) is 6.10 Å². The summed E-state index contributed by atoms with van der Waals surface area (Å²) in [6.45, 7) is 8.48. The molecule has 32 heavy (non-hydrogen) atoms. The Morgan fingerprint density at radius 3 is 2.62 bits per heavy atom. The Hall–Kier alpha value is -1.20. The van der Waals surface area contributed by atoms with Crippen LogP contribution in [0.1, 0.15) is 91.9 Å². The third kappa shape index (κ3) is 3.77. The quantitative estimate of drug-likeness (QED) is 0.547. The number of carboxylic acid groups (broad SMARTS) is 1. The first-order valence-electron chi connectivity index (χ1n) is 12.8. The molecule has 4 rings (SSSR count). The van der Waals surface area contributed by atoms with Gasteiger partial charge in [-0.3, -0.25) is 4.79 Å². The number of fused-ring (bicyclic) bond motifs is 5. The maximum atomic E-state index is 12.1. The van der Waals surface area contributed by atoms with Gasteiger partial charge in [-0.1, -0.05) is 32.8 Å². The predicted molar refractivity (Wildman–Crippen MR) is 123 cm³/mol. The fourth-order valence-electron chi connectivity index (χ4n) is 8.58. The number of aliphatic carboxylic acids is 1. The minimum atomic E-state index is -1.64. The van der Waals surface area contributed by atoms with Crippen molar-refractivity contribution in [3.8, 4) is 0 Å². The number of aliphatic hydroxyl groups excluding tert-OH is 1. The topological polar surface area (TPSA) is 94.8 Å². The van der Waals surface area contributed by atoms with Crippen molar-refractivity contribution in [2.24, 2.45) is 40.4 Å². The van der Waals surface area contributed by atoms with Crippen molar-refractivity contribution in [1.82, 2.24) is 0 Å². The lowest BCUT2D eigenvalue weighted by Gasteiger charge is -2.60. The van der Waals surface area contributed by atoms with Gasteiger partial charge in [-0.05, 0) is 105 Å².